The topological polar surface area (TPSA) is 33.1 Å². The second-order valence-corrected chi connectivity index (χ2v) is 3.47. The van der Waals surface area contributed by atoms with E-state index in [9.17, 15) is 0 Å². The third-order valence-corrected chi connectivity index (χ3v) is 2.50. The number of nitrogens with zero attached hydrogens (tertiary/aromatic N) is 1. The van der Waals surface area contributed by atoms with Gasteiger partial charge in [0.25, 0.3) is 0 Å². The molecule has 0 amide bonds. The number of hydrogen-bond acceptors (Lipinski definition) is 3. The average Bonchev–Trinajstić information content (AvgIpc) is 2.71. The maximum atomic E-state index is 8.93. The molecule has 1 heterocycles. The number of hydrogen-bond donors (Lipinski definition) is 1. The van der Waals surface area contributed by atoms with Gasteiger partial charge in [0.2, 0.25) is 0 Å². The minimum atomic E-state index is 0.0724. The van der Waals surface area contributed by atoms with E-state index in [1.165, 1.54) is 11.3 Å². The van der Waals surface area contributed by atoms with Crippen LogP contribution in [0.15, 0.2) is 30.5 Å². The highest BCUT2D eigenvalue weighted by Crippen LogP contribution is 2.21. The van der Waals surface area contributed by atoms with E-state index in [0.29, 0.717) is 0 Å². The Kier molecular flexibility index (Phi) is 2.38. The van der Waals surface area contributed by atoms with Crippen LogP contribution in [-0.2, 0) is 6.61 Å². The van der Waals surface area contributed by atoms with Gasteiger partial charge in [-0.05, 0) is 11.6 Å². The van der Waals surface area contributed by atoms with Crippen molar-refractivity contribution in [1.82, 2.24) is 4.98 Å². The molecule has 2 rings (SSSR count). The molecule has 0 saturated carbocycles. The molecule has 0 aliphatic rings. The second kappa shape index (κ2) is 3.68. The van der Waals surface area contributed by atoms with Crippen molar-refractivity contribution in [1.29, 1.82) is 0 Å². The number of thiazole rings is 1. The van der Waals surface area contributed by atoms with Gasteiger partial charge < -0.3 is 5.11 Å². The smallest absolute Gasteiger partial charge is 0.123 e. The van der Waals surface area contributed by atoms with Gasteiger partial charge in [0, 0.05) is 11.8 Å². The van der Waals surface area contributed by atoms with Crippen molar-refractivity contribution in [3.8, 4) is 10.6 Å². The lowest BCUT2D eigenvalue weighted by atomic mass is 10.1. The number of aliphatic hydroxyl groups excluding tert-OH is 1. The molecule has 0 atom stereocenters. The largest absolute Gasteiger partial charge is 0.392 e. The Balaban J connectivity index is 2.41. The van der Waals surface area contributed by atoms with Crippen LogP contribution in [0.1, 0.15) is 5.56 Å². The van der Waals surface area contributed by atoms with E-state index in [0.717, 1.165) is 16.1 Å². The van der Waals surface area contributed by atoms with Crippen molar-refractivity contribution in [3.05, 3.63) is 41.4 Å². The quantitative estimate of drug-likeness (QED) is 0.786. The van der Waals surface area contributed by atoms with E-state index in [1.807, 2.05) is 24.3 Å². The summed E-state index contributed by atoms with van der Waals surface area (Å²) >= 11 is 1.48. The first-order valence-corrected chi connectivity index (χ1v) is 4.74. The van der Waals surface area contributed by atoms with Crippen LogP contribution in [0.2, 0.25) is 0 Å². The van der Waals surface area contributed by atoms with Crippen molar-refractivity contribution in [2.45, 2.75) is 6.61 Å². The van der Waals surface area contributed by atoms with E-state index in [2.05, 4.69) is 10.4 Å². The molecule has 13 heavy (non-hydrogen) atoms. The van der Waals surface area contributed by atoms with Crippen molar-refractivity contribution < 1.29 is 5.11 Å². The van der Waals surface area contributed by atoms with Gasteiger partial charge in [-0.1, -0.05) is 18.2 Å². The Morgan fingerprint density at radius 1 is 1.46 bits per heavy atom. The minimum absolute atomic E-state index is 0.0724. The number of aromatic nitrogens is 1. The van der Waals surface area contributed by atoms with Gasteiger partial charge in [-0.15, -0.1) is 11.3 Å². The molecular formula is C10H8NOS. The summed E-state index contributed by atoms with van der Waals surface area (Å²) in [5.41, 5.74) is 1.95. The van der Waals surface area contributed by atoms with Gasteiger partial charge in [-0.25, -0.2) is 4.98 Å². The molecule has 1 N–H and O–H groups in total. The molecule has 0 aliphatic heterocycles. The number of aliphatic hydroxyl groups is 1. The van der Waals surface area contributed by atoms with Crippen LogP contribution in [-0.4, -0.2) is 10.1 Å². The summed E-state index contributed by atoms with van der Waals surface area (Å²) in [4.78, 5) is 4.14. The zero-order valence-corrected chi connectivity index (χ0v) is 7.71. The highest BCUT2D eigenvalue weighted by molar-refractivity contribution is 7.12. The van der Waals surface area contributed by atoms with E-state index >= 15 is 0 Å². The summed E-state index contributed by atoms with van der Waals surface area (Å²) in [6.07, 6.45) is 1.66. The normalized spacial score (nSPS) is 10.2. The minimum Gasteiger partial charge on any atom is -0.392 e. The van der Waals surface area contributed by atoms with Crippen molar-refractivity contribution in [2.24, 2.45) is 0 Å². The second-order valence-electron chi connectivity index (χ2n) is 2.64. The Hall–Kier alpha value is -1.19. The average molecular weight is 190 g/mol. The molecule has 0 unspecified atom stereocenters. The molecule has 1 aromatic carbocycles. The van der Waals surface area contributed by atoms with Crippen LogP contribution >= 0.6 is 11.3 Å². The molecule has 1 aromatic heterocycles. The van der Waals surface area contributed by atoms with Crippen LogP contribution in [0.3, 0.4) is 0 Å². The lowest BCUT2D eigenvalue weighted by Crippen LogP contribution is -1.83. The predicted octanol–water partition coefficient (Wildman–Crippen LogP) is 2.10. The summed E-state index contributed by atoms with van der Waals surface area (Å²) in [6.45, 7) is 0.0724. The summed E-state index contributed by atoms with van der Waals surface area (Å²) in [5, 5.41) is 12.8. The Bertz CT molecular complexity index is 384. The molecule has 1 radical (unpaired) electrons. The Labute approximate surface area is 80.5 Å². The summed E-state index contributed by atoms with van der Waals surface area (Å²) in [5.74, 6) is 0. The number of benzene rings is 1. The fourth-order valence-electron chi connectivity index (χ4n) is 1.13. The third-order valence-electron chi connectivity index (χ3n) is 1.75. The summed E-state index contributed by atoms with van der Waals surface area (Å²) in [7, 11) is 0. The fourth-order valence-corrected chi connectivity index (χ4v) is 1.70. The SMILES string of the molecule is OCc1cccc(-c2nc[c]s2)c1. The molecular weight excluding hydrogens is 182 g/mol. The molecule has 3 heteroatoms. The molecule has 0 bridgehead atoms. The fraction of sp³-hybridized carbons (Fsp3) is 0.100. The van der Waals surface area contributed by atoms with E-state index in [1.54, 1.807) is 6.20 Å². The van der Waals surface area contributed by atoms with Crippen molar-refractivity contribution in [3.63, 3.8) is 0 Å². The molecule has 0 saturated heterocycles. The lowest BCUT2D eigenvalue weighted by Gasteiger charge is -1.98. The molecule has 0 spiro atoms. The van der Waals surface area contributed by atoms with Gasteiger partial charge in [0.1, 0.15) is 5.01 Å². The molecule has 0 aliphatic carbocycles. The molecule has 0 fully saturated rings. The third kappa shape index (κ3) is 1.76. The monoisotopic (exact) mass is 190 g/mol. The Morgan fingerprint density at radius 2 is 2.38 bits per heavy atom. The number of rotatable bonds is 2. The highest BCUT2D eigenvalue weighted by atomic mass is 32.1. The zero-order chi connectivity index (χ0) is 9.10. The first-order valence-electron chi connectivity index (χ1n) is 3.92. The predicted molar refractivity (Wildman–Crippen MR) is 52.3 cm³/mol. The van der Waals surface area contributed by atoms with E-state index in [4.69, 9.17) is 5.11 Å². The zero-order valence-electron chi connectivity index (χ0n) is 6.90. The van der Waals surface area contributed by atoms with Gasteiger partial charge in [-0.3, -0.25) is 0 Å². The van der Waals surface area contributed by atoms with Gasteiger partial charge >= 0.3 is 0 Å². The van der Waals surface area contributed by atoms with Crippen LogP contribution in [0.4, 0.5) is 0 Å². The standard InChI is InChI=1S/C10H8NOS/c12-7-8-2-1-3-9(6-8)10-11-4-5-13-10/h1-4,6,12H,7H2. The van der Waals surface area contributed by atoms with Gasteiger partial charge in [0.15, 0.2) is 0 Å². The van der Waals surface area contributed by atoms with Gasteiger partial charge in [0.05, 0.1) is 12.0 Å². The van der Waals surface area contributed by atoms with Gasteiger partial charge in [-0.2, -0.15) is 0 Å². The first-order chi connectivity index (χ1) is 6.40. The molecule has 2 nitrogen and oxygen atoms in total. The van der Waals surface area contributed by atoms with Crippen molar-refractivity contribution in [2.75, 3.05) is 0 Å². The maximum Gasteiger partial charge on any atom is 0.123 e. The lowest BCUT2D eigenvalue weighted by molar-refractivity contribution is 0.282. The molecule has 65 valence electrons. The van der Waals surface area contributed by atoms with Crippen LogP contribution in [0, 0.1) is 5.38 Å². The van der Waals surface area contributed by atoms with E-state index in [-0.39, 0.29) is 6.61 Å². The van der Waals surface area contributed by atoms with Crippen LogP contribution in [0.5, 0.6) is 0 Å². The first kappa shape index (κ1) is 8.41. The van der Waals surface area contributed by atoms with Crippen LogP contribution in [0.25, 0.3) is 10.6 Å². The molecule has 2 aromatic rings. The maximum absolute atomic E-state index is 8.93. The summed E-state index contributed by atoms with van der Waals surface area (Å²) < 4.78 is 0. The highest BCUT2D eigenvalue weighted by Gasteiger charge is 2.00. The Morgan fingerprint density at radius 3 is 3.08 bits per heavy atom. The van der Waals surface area contributed by atoms with Crippen LogP contribution < -0.4 is 0 Å². The van der Waals surface area contributed by atoms with Crippen molar-refractivity contribution >= 4 is 11.3 Å². The van der Waals surface area contributed by atoms with E-state index < -0.39 is 0 Å². The summed E-state index contributed by atoms with van der Waals surface area (Å²) in [6, 6.07) is 7.72.